The number of unbranched alkanes of at least 4 members (excludes halogenated alkanes) is 1. The molecule has 1 saturated heterocycles. The van der Waals surface area contributed by atoms with Gasteiger partial charge in [0.15, 0.2) is 0 Å². The number of piperidine rings is 1. The van der Waals surface area contributed by atoms with E-state index in [1.807, 2.05) is 0 Å². The molecule has 1 fully saturated rings. The highest BCUT2D eigenvalue weighted by atomic mass is 16.4. The molecule has 2 heterocycles. The monoisotopic (exact) mass is 309 g/mol. The van der Waals surface area contributed by atoms with E-state index in [2.05, 4.69) is 15.2 Å². The molecule has 1 aromatic heterocycles. The Bertz CT molecular complexity index is 552. The van der Waals surface area contributed by atoms with Gasteiger partial charge in [0.2, 0.25) is 0 Å². The van der Waals surface area contributed by atoms with E-state index in [-0.39, 0.29) is 17.5 Å². The van der Waals surface area contributed by atoms with Gasteiger partial charge in [-0.25, -0.2) is 9.59 Å². The predicted octanol–water partition coefficient (Wildman–Crippen LogP) is 0.338. The molecule has 1 amide bonds. The van der Waals surface area contributed by atoms with Crippen LogP contribution >= 0.6 is 0 Å². The van der Waals surface area contributed by atoms with Gasteiger partial charge in [0.25, 0.3) is 0 Å². The van der Waals surface area contributed by atoms with E-state index in [4.69, 9.17) is 10.8 Å². The van der Waals surface area contributed by atoms with E-state index in [1.54, 1.807) is 16.8 Å². The summed E-state index contributed by atoms with van der Waals surface area (Å²) < 4.78 is 1.57. The number of rotatable bonds is 6. The van der Waals surface area contributed by atoms with E-state index >= 15 is 0 Å². The third-order valence-electron chi connectivity index (χ3n) is 3.93. The zero-order valence-electron chi connectivity index (χ0n) is 12.6. The number of anilines is 1. The van der Waals surface area contributed by atoms with Crippen molar-refractivity contribution in [3.8, 4) is 0 Å². The third-order valence-corrected chi connectivity index (χ3v) is 3.93. The Morgan fingerprint density at radius 3 is 2.68 bits per heavy atom. The second-order valence-electron chi connectivity index (χ2n) is 5.60. The fraction of sp³-hybridized carbons (Fsp3) is 0.643. The highest BCUT2D eigenvalue weighted by Crippen LogP contribution is 2.11. The minimum absolute atomic E-state index is 0.0770. The SMILES string of the molecule is Nc1ccn(CCCCN2CCC(NC(=O)O)CC2)c(=O)n1. The van der Waals surface area contributed by atoms with Crippen molar-refractivity contribution in [3.63, 3.8) is 0 Å². The van der Waals surface area contributed by atoms with Crippen LogP contribution in [0.3, 0.4) is 0 Å². The number of carbonyl (C=O) groups is 1. The fourth-order valence-electron chi connectivity index (χ4n) is 2.71. The van der Waals surface area contributed by atoms with E-state index in [9.17, 15) is 9.59 Å². The number of nitrogen functional groups attached to an aromatic ring is 1. The number of aromatic nitrogens is 2. The summed E-state index contributed by atoms with van der Waals surface area (Å²) in [5.74, 6) is 0.249. The molecule has 0 unspecified atom stereocenters. The maximum atomic E-state index is 11.6. The van der Waals surface area contributed by atoms with E-state index in [0.29, 0.717) is 6.54 Å². The van der Waals surface area contributed by atoms with Gasteiger partial charge in [-0.3, -0.25) is 4.57 Å². The van der Waals surface area contributed by atoms with Crippen molar-refractivity contribution in [1.82, 2.24) is 19.8 Å². The Morgan fingerprint density at radius 1 is 1.36 bits per heavy atom. The lowest BCUT2D eigenvalue weighted by molar-refractivity contribution is 0.167. The Balaban J connectivity index is 1.63. The number of carboxylic acid groups (broad SMARTS) is 1. The highest BCUT2D eigenvalue weighted by Gasteiger charge is 2.19. The van der Waals surface area contributed by atoms with Crippen LogP contribution in [0.1, 0.15) is 25.7 Å². The second-order valence-corrected chi connectivity index (χ2v) is 5.60. The van der Waals surface area contributed by atoms with Crippen LogP contribution in [0, 0.1) is 0 Å². The molecule has 0 atom stereocenters. The van der Waals surface area contributed by atoms with Crippen molar-refractivity contribution in [2.24, 2.45) is 0 Å². The number of nitrogens with two attached hydrogens (primary N) is 1. The number of nitrogens with one attached hydrogen (secondary N) is 1. The summed E-state index contributed by atoms with van der Waals surface area (Å²) in [6, 6.07) is 1.70. The Labute approximate surface area is 128 Å². The minimum atomic E-state index is -0.944. The van der Waals surface area contributed by atoms with Crippen LogP contribution in [-0.4, -0.2) is 51.3 Å². The van der Waals surface area contributed by atoms with Crippen LogP contribution < -0.4 is 16.7 Å². The maximum Gasteiger partial charge on any atom is 0.404 e. The summed E-state index contributed by atoms with van der Waals surface area (Å²) >= 11 is 0. The van der Waals surface area contributed by atoms with Crippen LogP contribution in [0.25, 0.3) is 0 Å². The normalized spacial score (nSPS) is 16.5. The van der Waals surface area contributed by atoms with Gasteiger partial charge in [0, 0.05) is 31.9 Å². The lowest BCUT2D eigenvalue weighted by Gasteiger charge is -2.31. The molecule has 1 aliphatic heterocycles. The molecule has 22 heavy (non-hydrogen) atoms. The number of aryl methyl sites for hydroxylation is 1. The molecule has 8 nitrogen and oxygen atoms in total. The van der Waals surface area contributed by atoms with Gasteiger partial charge in [-0.05, 0) is 38.3 Å². The quantitative estimate of drug-likeness (QED) is 0.653. The van der Waals surface area contributed by atoms with Crippen molar-refractivity contribution < 1.29 is 9.90 Å². The van der Waals surface area contributed by atoms with Crippen molar-refractivity contribution in [2.45, 2.75) is 38.3 Å². The number of hydrogen-bond donors (Lipinski definition) is 3. The van der Waals surface area contributed by atoms with Crippen molar-refractivity contribution >= 4 is 11.9 Å². The largest absolute Gasteiger partial charge is 0.465 e. The molecule has 122 valence electrons. The molecule has 0 spiro atoms. The van der Waals surface area contributed by atoms with Crippen LogP contribution in [0.15, 0.2) is 17.1 Å². The van der Waals surface area contributed by atoms with Gasteiger partial charge >= 0.3 is 11.8 Å². The van der Waals surface area contributed by atoms with Gasteiger partial charge in [-0.15, -0.1) is 0 Å². The summed E-state index contributed by atoms with van der Waals surface area (Å²) in [6.45, 7) is 3.43. The number of hydrogen-bond acceptors (Lipinski definition) is 5. The predicted molar refractivity (Wildman–Crippen MR) is 82.8 cm³/mol. The average molecular weight is 309 g/mol. The zero-order chi connectivity index (χ0) is 15.9. The van der Waals surface area contributed by atoms with Crippen molar-refractivity contribution in [1.29, 1.82) is 0 Å². The van der Waals surface area contributed by atoms with Crippen LogP contribution in [0.5, 0.6) is 0 Å². The number of likely N-dealkylation sites (tertiary alicyclic amines) is 1. The Morgan fingerprint density at radius 2 is 2.05 bits per heavy atom. The molecule has 0 aliphatic carbocycles. The van der Waals surface area contributed by atoms with E-state index < -0.39 is 6.09 Å². The van der Waals surface area contributed by atoms with E-state index in [0.717, 1.165) is 45.3 Å². The van der Waals surface area contributed by atoms with Gasteiger partial charge < -0.3 is 21.1 Å². The summed E-state index contributed by atoms with van der Waals surface area (Å²) in [6.07, 6.45) is 4.34. The van der Waals surface area contributed by atoms with E-state index in [1.165, 1.54) is 0 Å². The number of nitrogens with zero attached hydrogens (tertiary/aromatic N) is 3. The molecule has 1 aliphatic rings. The second kappa shape index (κ2) is 7.79. The van der Waals surface area contributed by atoms with Gasteiger partial charge in [-0.1, -0.05) is 0 Å². The first kappa shape index (κ1) is 16.3. The molecule has 1 aromatic rings. The molecule has 0 radical (unpaired) electrons. The summed E-state index contributed by atoms with van der Waals surface area (Å²) in [4.78, 5) is 28.2. The van der Waals surface area contributed by atoms with Crippen LogP contribution in [0.4, 0.5) is 10.6 Å². The standard InChI is InChI=1S/C14H23N5O3/c15-12-5-10-19(13(20)17-12)7-2-1-6-18-8-3-11(4-9-18)16-14(21)22/h5,10-11,16H,1-4,6-9H2,(H,21,22)(H2,15,17,20). The molecule has 4 N–H and O–H groups in total. The van der Waals surface area contributed by atoms with Crippen LogP contribution in [-0.2, 0) is 6.54 Å². The minimum Gasteiger partial charge on any atom is -0.465 e. The molecule has 2 rings (SSSR count). The lowest BCUT2D eigenvalue weighted by atomic mass is 10.1. The smallest absolute Gasteiger partial charge is 0.404 e. The fourth-order valence-corrected chi connectivity index (χ4v) is 2.71. The first-order valence-corrected chi connectivity index (χ1v) is 7.59. The number of amides is 1. The summed E-state index contributed by atoms with van der Waals surface area (Å²) in [5, 5.41) is 11.2. The molecule has 0 bridgehead atoms. The van der Waals surface area contributed by atoms with Crippen molar-refractivity contribution in [2.75, 3.05) is 25.4 Å². The first-order chi connectivity index (χ1) is 10.5. The Kier molecular flexibility index (Phi) is 5.76. The zero-order valence-corrected chi connectivity index (χ0v) is 12.6. The molecule has 0 saturated carbocycles. The highest BCUT2D eigenvalue weighted by molar-refractivity contribution is 5.64. The molecule has 0 aromatic carbocycles. The Hall–Kier alpha value is -2.09. The lowest BCUT2D eigenvalue weighted by Crippen LogP contribution is -2.44. The van der Waals surface area contributed by atoms with Crippen LogP contribution in [0.2, 0.25) is 0 Å². The van der Waals surface area contributed by atoms with Crippen molar-refractivity contribution in [3.05, 3.63) is 22.7 Å². The average Bonchev–Trinajstić information content (AvgIpc) is 2.46. The maximum absolute atomic E-state index is 11.6. The van der Waals surface area contributed by atoms with Gasteiger partial charge in [-0.2, -0.15) is 4.98 Å². The molecular formula is C14H23N5O3. The topological polar surface area (TPSA) is 113 Å². The first-order valence-electron chi connectivity index (χ1n) is 7.59. The summed E-state index contributed by atoms with van der Waals surface area (Å²) in [5.41, 5.74) is 5.14. The summed E-state index contributed by atoms with van der Waals surface area (Å²) in [7, 11) is 0. The third kappa shape index (κ3) is 5.03. The molecular weight excluding hydrogens is 286 g/mol. The van der Waals surface area contributed by atoms with Gasteiger partial charge in [0.05, 0.1) is 0 Å². The van der Waals surface area contributed by atoms with Gasteiger partial charge in [0.1, 0.15) is 5.82 Å². The molecule has 8 heteroatoms.